The number of nitriles is 1. The van der Waals surface area contributed by atoms with Gasteiger partial charge in [0, 0.05) is 19.3 Å². The highest BCUT2D eigenvalue weighted by atomic mass is 16.5. The van der Waals surface area contributed by atoms with Gasteiger partial charge in [-0.25, -0.2) is 9.78 Å². The first-order valence-corrected chi connectivity index (χ1v) is 8.21. The SMILES string of the molecule is CCOC(=O)C(C#N)=Cc1c(N2CCCC2)nc2ccccn2c1=O. The van der Waals surface area contributed by atoms with E-state index in [-0.39, 0.29) is 23.3 Å². The molecule has 0 amide bonds. The number of hydrogen-bond acceptors (Lipinski definition) is 6. The number of ether oxygens (including phenoxy) is 1. The third-order valence-electron chi connectivity index (χ3n) is 4.06. The molecule has 1 fully saturated rings. The minimum atomic E-state index is -0.741. The quantitative estimate of drug-likeness (QED) is 0.480. The molecule has 0 atom stereocenters. The van der Waals surface area contributed by atoms with Crippen LogP contribution in [0.15, 0.2) is 34.8 Å². The summed E-state index contributed by atoms with van der Waals surface area (Å²) in [7, 11) is 0. The zero-order chi connectivity index (χ0) is 17.8. The predicted octanol–water partition coefficient (Wildman–Crippen LogP) is 1.76. The molecular weight excluding hydrogens is 320 g/mol. The minimum absolute atomic E-state index is 0.159. The van der Waals surface area contributed by atoms with Crippen LogP contribution in [0.4, 0.5) is 5.82 Å². The van der Waals surface area contributed by atoms with E-state index in [1.807, 2.05) is 17.0 Å². The molecule has 128 valence electrons. The number of hydrogen-bond donors (Lipinski definition) is 0. The van der Waals surface area contributed by atoms with Crippen LogP contribution in [0.3, 0.4) is 0 Å². The van der Waals surface area contributed by atoms with Crippen LogP contribution in [-0.4, -0.2) is 35.1 Å². The first-order valence-electron chi connectivity index (χ1n) is 8.21. The van der Waals surface area contributed by atoms with E-state index in [4.69, 9.17) is 4.74 Å². The lowest BCUT2D eigenvalue weighted by molar-refractivity contribution is -0.137. The van der Waals surface area contributed by atoms with Crippen molar-refractivity contribution in [1.82, 2.24) is 9.38 Å². The van der Waals surface area contributed by atoms with E-state index in [0.29, 0.717) is 11.5 Å². The van der Waals surface area contributed by atoms with Crippen LogP contribution in [0.25, 0.3) is 11.7 Å². The zero-order valence-electron chi connectivity index (χ0n) is 13.9. The molecule has 0 bridgehead atoms. The van der Waals surface area contributed by atoms with Crippen LogP contribution in [0, 0.1) is 11.3 Å². The average Bonchev–Trinajstić information content (AvgIpc) is 3.15. The largest absolute Gasteiger partial charge is 0.462 e. The lowest BCUT2D eigenvalue weighted by atomic mass is 10.1. The third-order valence-corrected chi connectivity index (χ3v) is 4.06. The maximum atomic E-state index is 12.9. The average molecular weight is 338 g/mol. The monoisotopic (exact) mass is 338 g/mol. The van der Waals surface area contributed by atoms with E-state index in [0.717, 1.165) is 25.9 Å². The summed E-state index contributed by atoms with van der Waals surface area (Å²) in [5.41, 5.74) is 0.234. The van der Waals surface area contributed by atoms with Crippen molar-refractivity contribution in [2.24, 2.45) is 0 Å². The highest BCUT2D eigenvalue weighted by Crippen LogP contribution is 2.23. The van der Waals surface area contributed by atoms with Crippen molar-refractivity contribution in [2.75, 3.05) is 24.6 Å². The first-order chi connectivity index (χ1) is 12.2. The number of rotatable bonds is 4. The predicted molar refractivity (Wildman–Crippen MR) is 93.1 cm³/mol. The smallest absolute Gasteiger partial charge is 0.348 e. The summed E-state index contributed by atoms with van der Waals surface area (Å²) in [6.07, 6.45) is 4.94. The van der Waals surface area contributed by atoms with Crippen molar-refractivity contribution in [2.45, 2.75) is 19.8 Å². The molecule has 1 saturated heterocycles. The van der Waals surface area contributed by atoms with Gasteiger partial charge in [-0.2, -0.15) is 5.26 Å². The summed E-state index contributed by atoms with van der Waals surface area (Å²) in [6, 6.07) is 7.12. The fourth-order valence-corrected chi connectivity index (χ4v) is 2.88. The zero-order valence-corrected chi connectivity index (χ0v) is 13.9. The summed E-state index contributed by atoms with van der Waals surface area (Å²) in [5.74, 6) is -0.235. The lowest BCUT2D eigenvalue weighted by Crippen LogP contribution is -2.27. The summed E-state index contributed by atoms with van der Waals surface area (Å²) in [6.45, 7) is 3.40. The van der Waals surface area contributed by atoms with Crippen molar-refractivity contribution < 1.29 is 9.53 Å². The van der Waals surface area contributed by atoms with Crippen LogP contribution < -0.4 is 10.5 Å². The maximum Gasteiger partial charge on any atom is 0.348 e. The Morgan fingerprint density at radius 1 is 1.40 bits per heavy atom. The second kappa shape index (κ2) is 7.18. The maximum absolute atomic E-state index is 12.9. The molecule has 1 aliphatic rings. The minimum Gasteiger partial charge on any atom is -0.462 e. The van der Waals surface area contributed by atoms with Gasteiger partial charge < -0.3 is 9.64 Å². The van der Waals surface area contributed by atoms with Gasteiger partial charge in [-0.05, 0) is 38.0 Å². The van der Waals surface area contributed by atoms with Gasteiger partial charge in [0.2, 0.25) is 0 Å². The van der Waals surface area contributed by atoms with Gasteiger partial charge in [0.25, 0.3) is 5.56 Å². The molecule has 0 unspecified atom stereocenters. The molecule has 0 radical (unpaired) electrons. The molecule has 2 aromatic heterocycles. The highest BCUT2D eigenvalue weighted by Gasteiger charge is 2.22. The molecule has 2 aromatic rings. The molecule has 0 N–H and O–H groups in total. The second-order valence-electron chi connectivity index (χ2n) is 5.67. The van der Waals surface area contributed by atoms with E-state index >= 15 is 0 Å². The molecule has 7 heteroatoms. The van der Waals surface area contributed by atoms with E-state index in [9.17, 15) is 14.9 Å². The Morgan fingerprint density at radius 2 is 2.16 bits per heavy atom. The Hall–Kier alpha value is -3.14. The Bertz CT molecular complexity index is 933. The molecule has 25 heavy (non-hydrogen) atoms. The fraction of sp³-hybridized carbons (Fsp3) is 0.333. The molecule has 3 rings (SSSR count). The van der Waals surface area contributed by atoms with Gasteiger partial charge in [-0.1, -0.05) is 6.07 Å². The van der Waals surface area contributed by atoms with Gasteiger partial charge in [0.05, 0.1) is 12.2 Å². The summed E-state index contributed by atoms with van der Waals surface area (Å²) in [5, 5.41) is 9.28. The third kappa shape index (κ3) is 3.24. The Balaban J connectivity index is 2.22. The van der Waals surface area contributed by atoms with Crippen molar-refractivity contribution in [3.8, 4) is 6.07 Å². The molecule has 0 aromatic carbocycles. The number of esters is 1. The van der Waals surface area contributed by atoms with Crippen molar-refractivity contribution >= 4 is 23.5 Å². The van der Waals surface area contributed by atoms with Crippen LogP contribution in [0.2, 0.25) is 0 Å². The number of nitrogens with zero attached hydrogens (tertiary/aromatic N) is 4. The fourth-order valence-electron chi connectivity index (χ4n) is 2.88. The molecule has 0 spiro atoms. The van der Waals surface area contributed by atoms with Gasteiger partial charge in [-0.3, -0.25) is 9.20 Å². The van der Waals surface area contributed by atoms with E-state index < -0.39 is 5.97 Å². The molecule has 0 aliphatic carbocycles. The van der Waals surface area contributed by atoms with Crippen molar-refractivity contribution in [3.05, 3.63) is 45.9 Å². The number of carbonyl (C=O) groups excluding carboxylic acids is 1. The van der Waals surface area contributed by atoms with Gasteiger partial charge in [-0.15, -0.1) is 0 Å². The molecule has 0 saturated carbocycles. The number of anilines is 1. The van der Waals surface area contributed by atoms with E-state index in [1.165, 1.54) is 10.5 Å². The van der Waals surface area contributed by atoms with Crippen LogP contribution in [0.5, 0.6) is 0 Å². The van der Waals surface area contributed by atoms with Crippen molar-refractivity contribution in [1.29, 1.82) is 5.26 Å². The summed E-state index contributed by atoms with van der Waals surface area (Å²) >= 11 is 0. The van der Waals surface area contributed by atoms with Gasteiger partial charge in [0.15, 0.2) is 0 Å². The van der Waals surface area contributed by atoms with Crippen LogP contribution in [0.1, 0.15) is 25.3 Å². The molecule has 3 heterocycles. The van der Waals surface area contributed by atoms with Crippen molar-refractivity contribution in [3.63, 3.8) is 0 Å². The van der Waals surface area contributed by atoms with Gasteiger partial charge >= 0.3 is 5.97 Å². The summed E-state index contributed by atoms with van der Waals surface area (Å²) < 4.78 is 6.30. The topological polar surface area (TPSA) is 87.7 Å². The van der Waals surface area contributed by atoms with Crippen LogP contribution in [-0.2, 0) is 9.53 Å². The molecule has 7 nitrogen and oxygen atoms in total. The first kappa shape index (κ1) is 16.7. The van der Waals surface area contributed by atoms with E-state index in [2.05, 4.69) is 4.98 Å². The Labute approximate surface area is 144 Å². The van der Waals surface area contributed by atoms with Gasteiger partial charge in [0.1, 0.15) is 23.1 Å². The standard InChI is InChI=1S/C18H18N4O3/c1-2-25-18(24)13(12-19)11-14-16(21-8-5-6-9-21)20-15-7-3-4-10-22(15)17(14)23/h3-4,7,10-11H,2,5-6,8-9H2,1H3. The summed E-state index contributed by atoms with van der Waals surface area (Å²) in [4.78, 5) is 31.5. The van der Waals surface area contributed by atoms with Crippen LogP contribution >= 0.6 is 0 Å². The number of aromatic nitrogens is 2. The number of pyridine rings is 1. The normalized spacial score (nSPS) is 14.6. The highest BCUT2D eigenvalue weighted by molar-refractivity contribution is 5.98. The Morgan fingerprint density at radius 3 is 2.84 bits per heavy atom. The second-order valence-corrected chi connectivity index (χ2v) is 5.67. The Kier molecular flexibility index (Phi) is 4.80. The number of carbonyl (C=O) groups is 1. The molecular formula is C18H18N4O3. The van der Waals surface area contributed by atoms with E-state index in [1.54, 1.807) is 25.3 Å². The molecule has 1 aliphatic heterocycles. The number of fused-ring (bicyclic) bond motifs is 1. The lowest BCUT2D eigenvalue weighted by Gasteiger charge is -2.19.